The van der Waals surface area contributed by atoms with Crippen LogP contribution in [0.5, 0.6) is 11.5 Å². The molecule has 0 saturated carbocycles. The van der Waals surface area contributed by atoms with Crippen LogP contribution in [-0.4, -0.2) is 25.8 Å². The van der Waals surface area contributed by atoms with Gasteiger partial charge in [-0.1, -0.05) is 155 Å². The van der Waals surface area contributed by atoms with Crippen LogP contribution in [0.4, 0.5) is 0 Å². The van der Waals surface area contributed by atoms with Crippen LogP contribution in [-0.2, 0) is 0 Å². The van der Waals surface area contributed by atoms with E-state index in [0.29, 0.717) is 34.5 Å². The maximum atomic E-state index is 11.6. The van der Waals surface area contributed by atoms with Crippen molar-refractivity contribution in [3.8, 4) is 11.5 Å². The van der Waals surface area contributed by atoms with E-state index in [0.717, 1.165) is 38.3 Å². The van der Waals surface area contributed by atoms with Crippen molar-refractivity contribution in [2.45, 2.75) is 168 Å². The van der Waals surface area contributed by atoms with Gasteiger partial charge < -0.3 is 9.47 Å². The van der Waals surface area contributed by atoms with E-state index in [1.807, 2.05) is 0 Å². The highest BCUT2D eigenvalue weighted by Gasteiger charge is 2.20. The zero-order valence-corrected chi connectivity index (χ0v) is 26.4. The molecule has 0 aliphatic rings. The molecular weight excluding hydrogens is 504 g/mol. The fourth-order valence-corrected chi connectivity index (χ4v) is 5.92. The minimum atomic E-state index is 0.459. The molecule has 0 aliphatic carbocycles. The molecule has 0 unspecified atom stereocenters. The van der Waals surface area contributed by atoms with Gasteiger partial charge in [0.05, 0.1) is 13.2 Å². The summed E-state index contributed by atoms with van der Waals surface area (Å²) in [6.45, 7) is 5.65. The Kier molecular flexibility index (Phi) is 24.5. The van der Waals surface area contributed by atoms with E-state index >= 15 is 0 Å². The number of unbranched alkanes of at least 4 members (excludes halogenated alkanes) is 22. The molecule has 0 N–H and O–H groups in total. The van der Waals surface area contributed by atoms with Gasteiger partial charge in [0.1, 0.15) is 9.75 Å². The molecular formula is C34H60O4S. The number of aldehydes is 2. The second kappa shape index (κ2) is 26.8. The molecule has 226 valence electrons. The van der Waals surface area contributed by atoms with Gasteiger partial charge in [-0.25, -0.2) is 0 Å². The first-order chi connectivity index (χ1) is 19.3. The lowest BCUT2D eigenvalue weighted by molar-refractivity contribution is 0.111. The van der Waals surface area contributed by atoms with Crippen LogP contribution in [0.3, 0.4) is 0 Å². The fraction of sp³-hybridized carbons (Fsp3) is 0.824. The highest BCUT2D eigenvalue weighted by atomic mass is 32.1. The molecule has 1 heterocycles. The van der Waals surface area contributed by atoms with Crippen LogP contribution in [0.2, 0.25) is 0 Å². The number of ether oxygens (including phenoxy) is 2. The first-order valence-corrected chi connectivity index (χ1v) is 17.4. The summed E-state index contributed by atoms with van der Waals surface area (Å²) in [5.74, 6) is 0.943. The maximum absolute atomic E-state index is 11.6. The van der Waals surface area contributed by atoms with Crippen molar-refractivity contribution in [3.05, 3.63) is 9.75 Å². The van der Waals surface area contributed by atoms with Crippen LogP contribution in [0.1, 0.15) is 187 Å². The average Bonchev–Trinajstić information content (AvgIpc) is 3.30. The number of rotatable bonds is 30. The number of carbonyl (C=O) groups excluding carboxylic acids is 2. The Balaban J connectivity index is 2.17. The lowest BCUT2D eigenvalue weighted by atomic mass is 10.1. The number of hydrogen-bond acceptors (Lipinski definition) is 5. The molecule has 0 bridgehead atoms. The minimum absolute atomic E-state index is 0.459. The molecule has 39 heavy (non-hydrogen) atoms. The first kappa shape index (κ1) is 35.7. The van der Waals surface area contributed by atoms with Crippen molar-refractivity contribution in [2.24, 2.45) is 0 Å². The van der Waals surface area contributed by atoms with Crippen molar-refractivity contribution in [3.63, 3.8) is 0 Å². The summed E-state index contributed by atoms with van der Waals surface area (Å²) in [7, 11) is 0. The second-order valence-electron chi connectivity index (χ2n) is 11.2. The van der Waals surface area contributed by atoms with E-state index in [2.05, 4.69) is 13.8 Å². The van der Waals surface area contributed by atoms with Gasteiger partial charge in [-0.3, -0.25) is 9.59 Å². The maximum Gasteiger partial charge on any atom is 0.183 e. The Labute approximate surface area is 245 Å². The third-order valence-electron chi connectivity index (χ3n) is 7.58. The van der Waals surface area contributed by atoms with Crippen molar-refractivity contribution in [1.29, 1.82) is 0 Å². The Morgan fingerprint density at radius 2 is 0.692 bits per heavy atom. The lowest BCUT2D eigenvalue weighted by Gasteiger charge is -2.11. The predicted molar refractivity (Wildman–Crippen MR) is 168 cm³/mol. The van der Waals surface area contributed by atoms with Gasteiger partial charge in [0.25, 0.3) is 0 Å². The third kappa shape index (κ3) is 18.6. The van der Waals surface area contributed by atoms with Crippen molar-refractivity contribution < 1.29 is 19.1 Å². The summed E-state index contributed by atoms with van der Waals surface area (Å²) in [5.41, 5.74) is 0. The van der Waals surface area contributed by atoms with Gasteiger partial charge >= 0.3 is 0 Å². The average molecular weight is 565 g/mol. The highest BCUT2D eigenvalue weighted by molar-refractivity contribution is 7.16. The largest absolute Gasteiger partial charge is 0.488 e. The molecule has 0 aliphatic heterocycles. The van der Waals surface area contributed by atoms with Crippen LogP contribution in [0, 0.1) is 0 Å². The molecule has 0 saturated heterocycles. The van der Waals surface area contributed by atoms with E-state index in [1.54, 1.807) is 0 Å². The predicted octanol–water partition coefficient (Wildman–Crippen LogP) is 11.5. The van der Waals surface area contributed by atoms with Crippen LogP contribution < -0.4 is 9.47 Å². The van der Waals surface area contributed by atoms with E-state index in [1.165, 1.54) is 140 Å². The molecule has 0 radical (unpaired) electrons. The highest BCUT2D eigenvalue weighted by Crippen LogP contribution is 2.41. The molecule has 0 aromatic carbocycles. The van der Waals surface area contributed by atoms with Crippen LogP contribution >= 0.6 is 11.3 Å². The zero-order valence-electron chi connectivity index (χ0n) is 25.6. The Hall–Kier alpha value is -1.36. The van der Waals surface area contributed by atoms with Gasteiger partial charge in [-0.15, -0.1) is 11.3 Å². The van der Waals surface area contributed by atoms with E-state index in [-0.39, 0.29) is 0 Å². The van der Waals surface area contributed by atoms with Gasteiger partial charge in [-0.2, -0.15) is 0 Å². The molecule has 0 atom stereocenters. The molecule has 1 aromatic heterocycles. The van der Waals surface area contributed by atoms with Crippen molar-refractivity contribution in [2.75, 3.05) is 13.2 Å². The number of carbonyl (C=O) groups is 2. The van der Waals surface area contributed by atoms with Crippen LogP contribution in [0.15, 0.2) is 0 Å². The van der Waals surface area contributed by atoms with Crippen molar-refractivity contribution in [1.82, 2.24) is 0 Å². The molecule has 1 rings (SSSR count). The SMILES string of the molecule is CCCCCCCCCCCCCCOc1c(C=O)sc(C=O)c1OCCCCCCCCCCCCCC. The van der Waals surface area contributed by atoms with E-state index < -0.39 is 0 Å². The standard InChI is InChI=1S/C34H60O4S/c1-3-5-7-9-11-13-15-17-19-21-23-25-27-37-33-31(29-35)39-32(30-36)34(33)38-28-26-24-22-20-18-16-14-12-10-8-6-4-2/h29-30H,3-28H2,1-2H3. The molecule has 4 nitrogen and oxygen atoms in total. The Morgan fingerprint density at radius 3 is 0.949 bits per heavy atom. The second-order valence-corrected chi connectivity index (χ2v) is 12.3. The quantitative estimate of drug-likeness (QED) is 0.0688. The Bertz CT molecular complexity index is 643. The van der Waals surface area contributed by atoms with Crippen molar-refractivity contribution >= 4 is 23.9 Å². The molecule has 0 amide bonds. The van der Waals surface area contributed by atoms with Gasteiger partial charge in [0, 0.05) is 0 Å². The van der Waals surface area contributed by atoms with E-state index in [9.17, 15) is 9.59 Å². The Morgan fingerprint density at radius 1 is 0.436 bits per heavy atom. The lowest BCUT2D eigenvalue weighted by Crippen LogP contribution is -2.03. The van der Waals surface area contributed by atoms with E-state index in [4.69, 9.17) is 9.47 Å². The number of thiophene rings is 1. The fourth-order valence-electron chi connectivity index (χ4n) is 5.10. The molecule has 0 fully saturated rings. The smallest absolute Gasteiger partial charge is 0.183 e. The topological polar surface area (TPSA) is 52.6 Å². The normalized spacial score (nSPS) is 11.1. The summed E-state index contributed by atoms with van der Waals surface area (Å²) in [4.78, 5) is 24.1. The summed E-state index contributed by atoms with van der Waals surface area (Å²) < 4.78 is 12.0. The first-order valence-electron chi connectivity index (χ1n) is 16.6. The van der Waals surface area contributed by atoms with Gasteiger partial charge in [0.2, 0.25) is 0 Å². The van der Waals surface area contributed by atoms with Gasteiger partial charge in [0.15, 0.2) is 24.1 Å². The summed E-state index contributed by atoms with van der Waals surface area (Å²) in [5, 5.41) is 0. The third-order valence-corrected chi connectivity index (χ3v) is 8.58. The molecule has 1 aromatic rings. The van der Waals surface area contributed by atoms with Crippen LogP contribution in [0.25, 0.3) is 0 Å². The summed E-state index contributed by atoms with van der Waals surface area (Å²) >= 11 is 1.17. The monoisotopic (exact) mass is 564 g/mol. The summed E-state index contributed by atoms with van der Waals surface area (Å²) in [6.07, 6.45) is 32.7. The molecule has 5 heteroatoms. The van der Waals surface area contributed by atoms with Gasteiger partial charge in [-0.05, 0) is 12.8 Å². The zero-order chi connectivity index (χ0) is 28.2. The number of hydrogen-bond donors (Lipinski definition) is 0. The minimum Gasteiger partial charge on any atom is -0.488 e. The summed E-state index contributed by atoms with van der Waals surface area (Å²) in [6, 6.07) is 0. The molecule has 0 spiro atoms.